The van der Waals surface area contributed by atoms with Crippen LogP contribution in [0.15, 0.2) is 48.7 Å². The van der Waals surface area contributed by atoms with Crippen LogP contribution in [-0.4, -0.2) is 28.2 Å². The van der Waals surface area contributed by atoms with Gasteiger partial charge in [-0.3, -0.25) is 4.79 Å². The first-order valence-electron chi connectivity index (χ1n) is 6.85. The van der Waals surface area contributed by atoms with Gasteiger partial charge in [0.15, 0.2) is 0 Å². The lowest BCUT2D eigenvalue weighted by atomic mass is 10.1. The van der Waals surface area contributed by atoms with Crippen molar-refractivity contribution in [2.24, 2.45) is 0 Å². The fourth-order valence-corrected chi connectivity index (χ4v) is 2.22. The number of hydrogen-bond donors (Lipinski definition) is 2. The van der Waals surface area contributed by atoms with Gasteiger partial charge in [0, 0.05) is 12.7 Å². The van der Waals surface area contributed by atoms with E-state index in [1.54, 1.807) is 6.07 Å². The lowest BCUT2D eigenvalue weighted by Gasteiger charge is -2.17. The van der Waals surface area contributed by atoms with E-state index >= 15 is 0 Å². The molecule has 0 aliphatic carbocycles. The van der Waals surface area contributed by atoms with E-state index < -0.39 is 0 Å². The number of rotatable bonds is 6. The molecular weight excluding hydrogens is 252 g/mol. The van der Waals surface area contributed by atoms with Crippen LogP contribution in [0.4, 0.5) is 0 Å². The van der Waals surface area contributed by atoms with Gasteiger partial charge in [-0.1, -0.05) is 30.3 Å². The molecule has 4 heteroatoms. The van der Waals surface area contributed by atoms with Gasteiger partial charge in [0.1, 0.15) is 5.69 Å². The Morgan fingerprint density at radius 2 is 2.00 bits per heavy atom. The van der Waals surface area contributed by atoms with Crippen LogP contribution in [0.25, 0.3) is 0 Å². The molecule has 0 unspecified atom stereocenters. The lowest BCUT2D eigenvalue weighted by Crippen LogP contribution is -2.39. The van der Waals surface area contributed by atoms with Gasteiger partial charge in [0.2, 0.25) is 0 Å². The number of nitrogens with zero attached hydrogens (tertiary/aromatic N) is 1. The number of aliphatic hydroxyl groups is 1. The second-order valence-corrected chi connectivity index (χ2v) is 4.72. The summed E-state index contributed by atoms with van der Waals surface area (Å²) in [5.41, 5.74) is 1.72. The van der Waals surface area contributed by atoms with E-state index in [0.29, 0.717) is 12.1 Å². The Morgan fingerprint density at radius 3 is 2.65 bits per heavy atom. The van der Waals surface area contributed by atoms with Crippen LogP contribution in [0.5, 0.6) is 0 Å². The molecule has 0 aliphatic rings. The van der Waals surface area contributed by atoms with Gasteiger partial charge >= 0.3 is 0 Å². The molecular formula is C16H20N2O2. The standard InChI is InChI=1S/C16H20N2O2/c1-2-18-10-6-9-15(18)16(20)17-14(12-19)11-13-7-4-3-5-8-13/h3-10,14,19H,2,11-12H2,1H3,(H,17,20)/t14-/m1/s1. The number of carbonyl (C=O) groups is 1. The van der Waals surface area contributed by atoms with E-state index in [1.807, 2.05) is 54.1 Å². The number of nitrogens with one attached hydrogen (secondary N) is 1. The average molecular weight is 272 g/mol. The van der Waals surface area contributed by atoms with Gasteiger partial charge in [0.05, 0.1) is 12.6 Å². The maximum Gasteiger partial charge on any atom is 0.268 e. The molecule has 0 saturated carbocycles. The SMILES string of the molecule is CCn1cccc1C(=O)N[C@@H](CO)Cc1ccccc1. The van der Waals surface area contributed by atoms with E-state index in [1.165, 1.54) is 0 Å². The molecule has 0 saturated heterocycles. The zero-order chi connectivity index (χ0) is 14.4. The fourth-order valence-electron chi connectivity index (χ4n) is 2.22. The Balaban J connectivity index is 2.01. The molecule has 106 valence electrons. The molecule has 2 N–H and O–H groups in total. The van der Waals surface area contributed by atoms with Crippen LogP contribution < -0.4 is 5.32 Å². The minimum atomic E-state index is -0.273. The Kier molecular flexibility index (Phi) is 4.96. The van der Waals surface area contributed by atoms with Crippen molar-refractivity contribution in [1.29, 1.82) is 0 Å². The van der Waals surface area contributed by atoms with Gasteiger partial charge in [-0.05, 0) is 31.0 Å². The molecule has 4 nitrogen and oxygen atoms in total. The largest absolute Gasteiger partial charge is 0.394 e. The molecule has 0 bridgehead atoms. The normalized spacial score (nSPS) is 12.1. The lowest BCUT2D eigenvalue weighted by molar-refractivity contribution is 0.0907. The molecule has 20 heavy (non-hydrogen) atoms. The van der Waals surface area contributed by atoms with E-state index in [4.69, 9.17) is 0 Å². The first kappa shape index (κ1) is 14.3. The topological polar surface area (TPSA) is 54.3 Å². The number of amides is 1. The molecule has 2 aromatic rings. The number of carbonyl (C=O) groups excluding carboxylic acids is 1. The van der Waals surface area contributed by atoms with Gasteiger partial charge in [-0.2, -0.15) is 0 Å². The van der Waals surface area contributed by atoms with Crippen molar-refractivity contribution < 1.29 is 9.90 Å². The van der Waals surface area contributed by atoms with Crippen molar-refractivity contribution in [3.05, 3.63) is 59.9 Å². The van der Waals surface area contributed by atoms with E-state index in [0.717, 1.165) is 12.1 Å². The van der Waals surface area contributed by atoms with Crippen LogP contribution >= 0.6 is 0 Å². The predicted molar refractivity (Wildman–Crippen MR) is 78.6 cm³/mol. The van der Waals surface area contributed by atoms with Gasteiger partial charge < -0.3 is 15.0 Å². The second-order valence-electron chi connectivity index (χ2n) is 4.72. The molecule has 0 radical (unpaired) electrons. The minimum absolute atomic E-state index is 0.0759. The highest BCUT2D eigenvalue weighted by Crippen LogP contribution is 2.06. The zero-order valence-corrected chi connectivity index (χ0v) is 11.6. The van der Waals surface area contributed by atoms with Gasteiger partial charge in [-0.15, -0.1) is 0 Å². The third kappa shape index (κ3) is 3.48. The van der Waals surface area contributed by atoms with E-state index in [-0.39, 0.29) is 18.6 Å². The Labute approximate surface area is 119 Å². The second kappa shape index (κ2) is 6.91. The average Bonchev–Trinajstić information content (AvgIpc) is 2.96. The highest BCUT2D eigenvalue weighted by atomic mass is 16.3. The Bertz CT molecular complexity index is 549. The number of hydrogen-bond acceptors (Lipinski definition) is 2. The summed E-state index contributed by atoms with van der Waals surface area (Å²) in [5.74, 6) is -0.146. The molecule has 1 aromatic heterocycles. The maximum absolute atomic E-state index is 12.2. The van der Waals surface area contributed by atoms with Crippen LogP contribution in [0.2, 0.25) is 0 Å². The van der Waals surface area contributed by atoms with Crippen molar-refractivity contribution in [3.8, 4) is 0 Å². The Hall–Kier alpha value is -2.07. The van der Waals surface area contributed by atoms with Crippen LogP contribution in [0.3, 0.4) is 0 Å². The summed E-state index contributed by atoms with van der Waals surface area (Å²) >= 11 is 0. The molecule has 1 atom stereocenters. The first-order valence-corrected chi connectivity index (χ1v) is 6.85. The first-order chi connectivity index (χ1) is 9.74. The smallest absolute Gasteiger partial charge is 0.268 e. The molecule has 1 amide bonds. The van der Waals surface area contributed by atoms with Crippen LogP contribution in [0, 0.1) is 0 Å². The summed E-state index contributed by atoms with van der Waals surface area (Å²) in [6.07, 6.45) is 2.50. The molecule has 0 spiro atoms. The predicted octanol–water partition coefficient (Wildman–Crippen LogP) is 1.84. The molecule has 0 fully saturated rings. The monoisotopic (exact) mass is 272 g/mol. The van der Waals surface area contributed by atoms with Crippen LogP contribution in [0.1, 0.15) is 23.0 Å². The van der Waals surface area contributed by atoms with E-state index in [2.05, 4.69) is 5.32 Å². The molecule has 1 aromatic carbocycles. The summed E-state index contributed by atoms with van der Waals surface area (Å²) in [7, 11) is 0. The summed E-state index contributed by atoms with van der Waals surface area (Å²) in [6.45, 7) is 2.66. The summed E-state index contributed by atoms with van der Waals surface area (Å²) in [4.78, 5) is 12.2. The molecule has 0 aliphatic heterocycles. The summed E-state index contributed by atoms with van der Waals surface area (Å²) < 4.78 is 1.88. The van der Waals surface area contributed by atoms with Gasteiger partial charge in [0.25, 0.3) is 5.91 Å². The number of aryl methyl sites for hydroxylation is 1. The third-order valence-corrected chi connectivity index (χ3v) is 3.28. The minimum Gasteiger partial charge on any atom is -0.394 e. The number of aromatic nitrogens is 1. The van der Waals surface area contributed by atoms with Gasteiger partial charge in [-0.25, -0.2) is 0 Å². The molecule has 2 rings (SSSR count). The van der Waals surface area contributed by atoms with Crippen molar-refractivity contribution in [2.75, 3.05) is 6.61 Å². The number of benzene rings is 1. The zero-order valence-electron chi connectivity index (χ0n) is 11.6. The van der Waals surface area contributed by atoms with Crippen LogP contribution in [-0.2, 0) is 13.0 Å². The van der Waals surface area contributed by atoms with Crippen molar-refractivity contribution in [1.82, 2.24) is 9.88 Å². The van der Waals surface area contributed by atoms with Crippen molar-refractivity contribution >= 4 is 5.91 Å². The number of aliphatic hydroxyl groups excluding tert-OH is 1. The van der Waals surface area contributed by atoms with Crippen molar-refractivity contribution in [3.63, 3.8) is 0 Å². The quantitative estimate of drug-likeness (QED) is 0.843. The van der Waals surface area contributed by atoms with E-state index in [9.17, 15) is 9.90 Å². The highest BCUT2D eigenvalue weighted by molar-refractivity contribution is 5.92. The summed E-state index contributed by atoms with van der Waals surface area (Å²) in [6, 6.07) is 13.2. The third-order valence-electron chi connectivity index (χ3n) is 3.28. The summed E-state index contributed by atoms with van der Waals surface area (Å²) in [5, 5.41) is 12.3. The molecule has 1 heterocycles. The Morgan fingerprint density at radius 1 is 1.25 bits per heavy atom. The fraction of sp³-hybridized carbons (Fsp3) is 0.312. The maximum atomic E-state index is 12.2. The highest BCUT2D eigenvalue weighted by Gasteiger charge is 2.15. The van der Waals surface area contributed by atoms with Crippen molar-refractivity contribution in [2.45, 2.75) is 25.9 Å².